The average Bonchev–Trinajstić information content (AvgIpc) is 2.35. The van der Waals surface area contributed by atoms with Crippen molar-refractivity contribution in [2.75, 3.05) is 0 Å². The molecule has 0 saturated carbocycles. The predicted octanol–water partition coefficient (Wildman–Crippen LogP) is 1.39. The summed E-state index contributed by atoms with van der Waals surface area (Å²) < 4.78 is 0. The first-order valence-electron chi connectivity index (χ1n) is 5.63. The molecule has 1 radical (unpaired) electrons. The Morgan fingerprint density at radius 2 is 1.75 bits per heavy atom. The van der Waals surface area contributed by atoms with E-state index in [2.05, 4.69) is 48.6 Å². The average molecular weight is 203 g/mol. The van der Waals surface area contributed by atoms with Crippen LogP contribution in [0.2, 0.25) is 0 Å². The molecule has 75 valence electrons. The van der Waals surface area contributed by atoms with Crippen LogP contribution in [-0.4, -0.2) is 13.5 Å². The minimum atomic E-state index is 0.383. The van der Waals surface area contributed by atoms with Crippen LogP contribution in [0.5, 0.6) is 0 Å². The topological polar surface area (TPSA) is 0 Å². The van der Waals surface area contributed by atoms with Crippen molar-refractivity contribution in [1.82, 2.24) is 0 Å². The maximum absolute atomic E-state index is 5.60. The molecule has 1 unspecified atom stereocenters. The fraction of sp³-hybridized carbons (Fsp3) is 0.133. The van der Waals surface area contributed by atoms with Gasteiger partial charge in [0.15, 0.2) is 0 Å². The zero-order valence-electron chi connectivity index (χ0n) is 9.06. The minimum absolute atomic E-state index is 0.383. The van der Waals surface area contributed by atoms with Gasteiger partial charge in [-0.15, -0.1) is 0 Å². The van der Waals surface area contributed by atoms with Crippen molar-refractivity contribution in [2.45, 2.75) is 6.42 Å². The van der Waals surface area contributed by atoms with Gasteiger partial charge in [-0.1, -0.05) is 0 Å². The third-order valence-electron chi connectivity index (χ3n) is 3.20. The number of hydrogen-bond donors (Lipinski definition) is 0. The molecule has 0 bridgehead atoms. The summed E-state index contributed by atoms with van der Waals surface area (Å²) in [5.41, 5.74) is 0. The summed E-state index contributed by atoms with van der Waals surface area (Å²) in [7, 11) is 5.60. The molecule has 1 atom stereocenters. The first kappa shape index (κ1) is 9.59. The summed E-state index contributed by atoms with van der Waals surface area (Å²) >= 11 is 0. The van der Waals surface area contributed by atoms with Crippen LogP contribution in [-0.2, 0) is 0 Å². The van der Waals surface area contributed by atoms with E-state index in [4.69, 9.17) is 7.49 Å². The molecular formula is C15H12B. The van der Waals surface area contributed by atoms with Crippen LogP contribution in [0, 0.1) is 5.92 Å². The van der Waals surface area contributed by atoms with E-state index in [1.165, 1.54) is 21.2 Å². The van der Waals surface area contributed by atoms with E-state index in [-0.39, 0.29) is 0 Å². The van der Waals surface area contributed by atoms with Crippen molar-refractivity contribution >= 4 is 36.4 Å². The second-order valence-electron chi connectivity index (χ2n) is 4.29. The van der Waals surface area contributed by atoms with Crippen molar-refractivity contribution in [3.05, 3.63) is 46.8 Å². The van der Waals surface area contributed by atoms with Crippen LogP contribution >= 0.6 is 0 Å². The quantitative estimate of drug-likeness (QED) is 0.614. The molecule has 0 N–H and O–H groups in total. The molecule has 1 heteroatoms. The van der Waals surface area contributed by atoms with E-state index in [1.54, 1.807) is 5.97 Å². The number of rotatable bonds is 1. The zero-order valence-corrected chi connectivity index (χ0v) is 9.06. The molecule has 0 aromatic heterocycles. The Labute approximate surface area is 96.0 Å². The van der Waals surface area contributed by atoms with E-state index < -0.39 is 0 Å². The summed E-state index contributed by atoms with van der Waals surface area (Å²) in [6, 6.07) is 13.0. The molecule has 16 heavy (non-hydrogen) atoms. The molecule has 1 aliphatic carbocycles. The molecule has 0 nitrogen and oxygen atoms in total. The maximum atomic E-state index is 5.60. The number of benzene rings is 2. The molecule has 0 fully saturated rings. The number of hydrogen-bond acceptors (Lipinski definition) is 0. The van der Waals surface area contributed by atoms with Gasteiger partial charge in [0.25, 0.3) is 0 Å². The van der Waals surface area contributed by atoms with Gasteiger partial charge in [0, 0.05) is 0 Å². The van der Waals surface area contributed by atoms with Crippen LogP contribution in [0.4, 0.5) is 0 Å². The fourth-order valence-electron chi connectivity index (χ4n) is 2.29. The van der Waals surface area contributed by atoms with Gasteiger partial charge in [0.05, 0.1) is 0 Å². The van der Waals surface area contributed by atoms with Crippen molar-refractivity contribution in [3.8, 4) is 0 Å². The second kappa shape index (κ2) is 3.75. The third kappa shape index (κ3) is 1.53. The summed E-state index contributed by atoms with van der Waals surface area (Å²) in [6.45, 7) is 0. The molecule has 3 rings (SSSR count). The van der Waals surface area contributed by atoms with E-state index >= 15 is 0 Å². The molecule has 2 aromatic carbocycles. The van der Waals surface area contributed by atoms with Crippen LogP contribution in [0.3, 0.4) is 0 Å². The fourth-order valence-corrected chi connectivity index (χ4v) is 2.29. The molecular weight excluding hydrogens is 191 g/mol. The molecule has 0 saturated heterocycles. The monoisotopic (exact) mass is 203 g/mol. The van der Waals surface area contributed by atoms with Crippen LogP contribution in [0.15, 0.2) is 36.4 Å². The third-order valence-corrected chi connectivity index (χ3v) is 3.20. The first-order chi connectivity index (χ1) is 7.86. The van der Waals surface area contributed by atoms with Crippen LogP contribution in [0.25, 0.3) is 22.9 Å². The van der Waals surface area contributed by atoms with Gasteiger partial charge < -0.3 is 0 Å². The Kier molecular flexibility index (Phi) is 2.25. The molecule has 0 amide bonds. The van der Waals surface area contributed by atoms with E-state index in [9.17, 15) is 0 Å². The van der Waals surface area contributed by atoms with Crippen LogP contribution < -0.4 is 10.4 Å². The van der Waals surface area contributed by atoms with Crippen molar-refractivity contribution in [3.63, 3.8) is 0 Å². The Balaban J connectivity index is 2.36. The Morgan fingerprint density at radius 3 is 2.44 bits per heavy atom. The molecule has 2 aromatic rings. The summed E-state index contributed by atoms with van der Waals surface area (Å²) in [6.07, 6.45) is 5.54. The molecule has 1 aliphatic rings. The van der Waals surface area contributed by atoms with E-state index in [0.717, 1.165) is 6.42 Å². The summed E-state index contributed by atoms with van der Waals surface area (Å²) in [5, 5.41) is 5.23. The van der Waals surface area contributed by atoms with E-state index in [0.29, 0.717) is 5.92 Å². The van der Waals surface area contributed by atoms with E-state index in [1.807, 2.05) is 0 Å². The van der Waals surface area contributed by atoms with Gasteiger partial charge in [-0.05, 0) is 0 Å². The van der Waals surface area contributed by atoms with Gasteiger partial charge in [0.2, 0.25) is 0 Å². The standard InChI is InChI=1S/C15H12B/c16-10-11-5-6-14-8-12-3-1-2-4-13(12)9-15(14)7-11/h1-4,6-11H,5H2. The first-order valence-corrected chi connectivity index (χ1v) is 5.63. The van der Waals surface area contributed by atoms with Crippen LogP contribution in [0.1, 0.15) is 6.42 Å². The Hall–Kier alpha value is -1.63. The SMILES string of the molecule is [B]=CC1C=c2cc3ccccc3cc2=CC1. The Morgan fingerprint density at radius 1 is 1.06 bits per heavy atom. The van der Waals surface area contributed by atoms with Gasteiger partial charge in [-0.3, -0.25) is 0 Å². The number of fused-ring (bicyclic) bond motifs is 2. The molecule has 0 heterocycles. The van der Waals surface area contributed by atoms with Crippen molar-refractivity contribution < 1.29 is 0 Å². The van der Waals surface area contributed by atoms with Gasteiger partial charge in [-0.25, -0.2) is 0 Å². The van der Waals surface area contributed by atoms with Gasteiger partial charge >= 0.3 is 95.6 Å². The Bertz CT molecular complexity index is 667. The molecule has 0 spiro atoms. The molecule has 0 aliphatic heterocycles. The van der Waals surface area contributed by atoms with Crippen molar-refractivity contribution in [1.29, 1.82) is 0 Å². The summed E-state index contributed by atoms with van der Waals surface area (Å²) in [4.78, 5) is 0. The van der Waals surface area contributed by atoms with Gasteiger partial charge in [-0.2, -0.15) is 0 Å². The van der Waals surface area contributed by atoms with Crippen molar-refractivity contribution in [2.24, 2.45) is 5.92 Å². The summed E-state index contributed by atoms with van der Waals surface area (Å²) in [5.74, 6) is 2.16. The predicted molar refractivity (Wildman–Crippen MR) is 72.1 cm³/mol. The van der Waals surface area contributed by atoms with Gasteiger partial charge in [0.1, 0.15) is 0 Å². The normalized spacial score (nSPS) is 18.3. The zero-order chi connectivity index (χ0) is 11.0. The second-order valence-corrected chi connectivity index (χ2v) is 4.29.